The minimum atomic E-state index is -0.521. The van der Waals surface area contributed by atoms with Crippen LogP contribution in [-0.4, -0.2) is 48.4 Å². The lowest BCUT2D eigenvalue weighted by molar-refractivity contribution is -0.384. The van der Waals surface area contributed by atoms with Gasteiger partial charge in [-0.05, 0) is 12.8 Å². The zero-order valence-electron chi connectivity index (χ0n) is 15.1. The quantitative estimate of drug-likeness (QED) is 0.360. The van der Waals surface area contributed by atoms with Gasteiger partial charge in [0.05, 0.1) is 22.7 Å². The number of quaternary nitrogens is 1. The van der Waals surface area contributed by atoms with E-state index in [-0.39, 0.29) is 5.69 Å². The zero-order valence-corrected chi connectivity index (χ0v) is 15.1. The van der Waals surface area contributed by atoms with Crippen LogP contribution in [0.15, 0.2) is 53.5 Å². The molecule has 1 atom stereocenters. The first-order valence-electron chi connectivity index (χ1n) is 9.26. The summed E-state index contributed by atoms with van der Waals surface area (Å²) >= 11 is 0. The molecule has 7 nitrogen and oxygen atoms in total. The zero-order chi connectivity index (χ0) is 18.9. The van der Waals surface area contributed by atoms with Gasteiger partial charge >= 0.3 is 0 Å². The van der Waals surface area contributed by atoms with Crippen LogP contribution in [0.4, 0.5) is 11.4 Å². The Morgan fingerprint density at radius 3 is 2.56 bits per heavy atom. The average molecular weight is 366 g/mol. The number of benzene rings is 2. The Bertz CT molecular complexity index is 878. The highest BCUT2D eigenvalue weighted by atomic mass is 16.6. The van der Waals surface area contributed by atoms with Gasteiger partial charge in [0.15, 0.2) is 0 Å². The minimum Gasteiger partial charge on any atom is -0.626 e. The Balaban J connectivity index is 1.82. The fraction of sp³-hybridized carbons (Fsp3) is 0.350. The van der Waals surface area contributed by atoms with Crippen molar-refractivity contribution < 1.29 is 4.92 Å². The number of nitro benzene ring substituents is 1. The molecular weight excluding hydrogens is 344 g/mol. The van der Waals surface area contributed by atoms with E-state index in [2.05, 4.69) is 9.89 Å². The molecule has 7 heteroatoms. The molecule has 1 fully saturated rings. The summed E-state index contributed by atoms with van der Waals surface area (Å²) in [7, 11) is 0. The number of nitro groups is 1. The van der Waals surface area contributed by atoms with E-state index in [4.69, 9.17) is 0 Å². The first-order valence-corrected chi connectivity index (χ1v) is 9.26. The van der Waals surface area contributed by atoms with Crippen molar-refractivity contribution in [2.45, 2.75) is 12.8 Å². The monoisotopic (exact) mass is 366 g/mol. The first-order chi connectivity index (χ1) is 13.1. The molecule has 0 N–H and O–H groups in total. The lowest BCUT2D eigenvalue weighted by Crippen LogP contribution is -2.52. The summed E-state index contributed by atoms with van der Waals surface area (Å²) < 4.78 is -0.521. The summed E-state index contributed by atoms with van der Waals surface area (Å²) in [5, 5.41) is 25.2. The summed E-state index contributed by atoms with van der Waals surface area (Å²) in [6.45, 7) is 2.94. The molecule has 0 spiro atoms. The molecule has 0 amide bonds. The summed E-state index contributed by atoms with van der Waals surface area (Å²) in [6, 6.07) is 14.1. The molecule has 2 aromatic carbocycles. The van der Waals surface area contributed by atoms with Crippen molar-refractivity contribution in [1.82, 2.24) is 9.55 Å². The second-order valence-electron chi connectivity index (χ2n) is 7.13. The topological polar surface area (TPSA) is 81.8 Å². The largest absolute Gasteiger partial charge is 0.626 e. The van der Waals surface area contributed by atoms with Crippen LogP contribution in [-0.2, 0) is 0 Å². The molecule has 0 aromatic heterocycles. The predicted molar refractivity (Wildman–Crippen MR) is 106 cm³/mol. The molecule has 2 heterocycles. The third-order valence-electron chi connectivity index (χ3n) is 5.29. The third kappa shape index (κ3) is 3.49. The van der Waals surface area contributed by atoms with Gasteiger partial charge in [-0.15, -0.1) is 0 Å². The molecule has 2 aliphatic rings. The molecule has 4 rings (SSSR count). The lowest BCUT2D eigenvalue weighted by Gasteiger charge is -2.44. The van der Waals surface area contributed by atoms with Crippen molar-refractivity contribution in [2.24, 2.45) is 4.99 Å². The third-order valence-corrected chi connectivity index (χ3v) is 5.29. The number of aliphatic imine (C=N–C) groups is 1. The van der Waals surface area contributed by atoms with E-state index in [0.717, 1.165) is 31.5 Å². The van der Waals surface area contributed by atoms with Crippen LogP contribution in [0.2, 0.25) is 0 Å². The number of nitrogens with zero attached hydrogens (tertiary/aromatic N) is 4. The standard InChI is InChI=1S/C20H22N4O3/c25-23(26)17-8-9-19-18(14-17)20(16-6-2-1-3-7-16)21-10-13-24(19,27)15-22-11-4-5-12-22/h1-3,6-9,14H,4-5,10-13,15H2. The van der Waals surface area contributed by atoms with Gasteiger partial charge < -0.3 is 9.85 Å². The number of fused-ring (bicyclic) bond motifs is 1. The van der Waals surface area contributed by atoms with Crippen molar-refractivity contribution >= 4 is 17.1 Å². The van der Waals surface area contributed by atoms with Crippen LogP contribution in [0.5, 0.6) is 0 Å². The summed E-state index contributed by atoms with van der Waals surface area (Å²) in [6.07, 6.45) is 2.22. The number of hydrogen-bond acceptors (Lipinski definition) is 5. The van der Waals surface area contributed by atoms with Crippen molar-refractivity contribution in [3.8, 4) is 0 Å². The van der Waals surface area contributed by atoms with Gasteiger partial charge in [-0.25, -0.2) is 0 Å². The fourth-order valence-corrected chi connectivity index (χ4v) is 3.95. The smallest absolute Gasteiger partial charge is 0.270 e. The molecule has 1 unspecified atom stereocenters. The molecule has 1 saturated heterocycles. The predicted octanol–water partition coefficient (Wildman–Crippen LogP) is 3.30. The molecule has 0 radical (unpaired) electrons. The first kappa shape index (κ1) is 17.8. The van der Waals surface area contributed by atoms with Gasteiger partial charge in [0, 0.05) is 36.9 Å². The van der Waals surface area contributed by atoms with E-state index in [9.17, 15) is 15.3 Å². The Morgan fingerprint density at radius 2 is 1.85 bits per heavy atom. The number of rotatable bonds is 4. The Kier molecular flexibility index (Phi) is 4.73. The highest BCUT2D eigenvalue weighted by Crippen LogP contribution is 2.34. The fourth-order valence-electron chi connectivity index (χ4n) is 3.95. The van der Waals surface area contributed by atoms with E-state index in [1.165, 1.54) is 12.1 Å². The Hall–Kier alpha value is -2.61. The highest BCUT2D eigenvalue weighted by molar-refractivity contribution is 6.16. The van der Waals surface area contributed by atoms with Gasteiger partial charge in [-0.3, -0.25) is 20.0 Å². The number of benzodiazepines with no additional fused rings is 1. The van der Waals surface area contributed by atoms with E-state index < -0.39 is 9.57 Å². The van der Waals surface area contributed by atoms with Crippen molar-refractivity contribution in [3.05, 3.63) is 75.0 Å². The number of hydroxylamine groups is 2. The van der Waals surface area contributed by atoms with Crippen LogP contribution >= 0.6 is 0 Å². The van der Waals surface area contributed by atoms with Crippen molar-refractivity contribution in [1.29, 1.82) is 0 Å². The second kappa shape index (κ2) is 7.19. The molecule has 27 heavy (non-hydrogen) atoms. The number of non-ortho nitro benzene ring substituents is 1. The van der Waals surface area contributed by atoms with Crippen LogP contribution in [0.25, 0.3) is 0 Å². The molecule has 0 aliphatic carbocycles. The van der Waals surface area contributed by atoms with Crippen LogP contribution in [0, 0.1) is 15.3 Å². The summed E-state index contributed by atoms with van der Waals surface area (Å²) in [4.78, 5) is 17.8. The Labute approximate surface area is 157 Å². The van der Waals surface area contributed by atoms with Gasteiger partial charge in [0.1, 0.15) is 18.9 Å². The number of likely N-dealkylation sites (tertiary alicyclic amines) is 1. The van der Waals surface area contributed by atoms with Crippen LogP contribution in [0.3, 0.4) is 0 Å². The SMILES string of the molecule is O=[N+]([O-])c1ccc2c(c1)C(c1ccccc1)=NCC[N+]2([O-])CN1CCCC1. The molecule has 140 valence electrons. The summed E-state index contributed by atoms with van der Waals surface area (Å²) in [5.41, 5.74) is 2.64. The maximum atomic E-state index is 13.8. The van der Waals surface area contributed by atoms with E-state index in [1.54, 1.807) is 6.07 Å². The highest BCUT2D eigenvalue weighted by Gasteiger charge is 2.33. The van der Waals surface area contributed by atoms with Crippen molar-refractivity contribution in [3.63, 3.8) is 0 Å². The average Bonchev–Trinajstić information content (AvgIpc) is 3.13. The minimum absolute atomic E-state index is 0.0213. The van der Waals surface area contributed by atoms with Crippen LogP contribution in [0.1, 0.15) is 24.0 Å². The maximum Gasteiger partial charge on any atom is 0.270 e. The van der Waals surface area contributed by atoms with Gasteiger partial charge in [0.2, 0.25) is 0 Å². The second-order valence-corrected chi connectivity index (χ2v) is 7.13. The molecule has 0 bridgehead atoms. The molecular formula is C20H22N4O3. The van der Waals surface area contributed by atoms with Gasteiger partial charge in [0.25, 0.3) is 5.69 Å². The van der Waals surface area contributed by atoms with Crippen molar-refractivity contribution in [2.75, 3.05) is 32.8 Å². The van der Waals surface area contributed by atoms with E-state index in [0.29, 0.717) is 36.7 Å². The Morgan fingerprint density at radius 1 is 1.11 bits per heavy atom. The lowest BCUT2D eigenvalue weighted by atomic mass is 9.99. The van der Waals surface area contributed by atoms with Gasteiger partial charge in [-0.1, -0.05) is 30.3 Å². The van der Waals surface area contributed by atoms with Gasteiger partial charge in [-0.2, -0.15) is 0 Å². The normalized spacial score (nSPS) is 22.8. The van der Waals surface area contributed by atoms with E-state index >= 15 is 0 Å². The summed E-state index contributed by atoms with van der Waals surface area (Å²) in [5.74, 6) is 0. The molecule has 2 aromatic rings. The molecule has 0 saturated carbocycles. The van der Waals surface area contributed by atoms with E-state index in [1.807, 2.05) is 30.3 Å². The van der Waals surface area contributed by atoms with Crippen LogP contribution < -0.4 is 4.65 Å². The molecule has 2 aliphatic heterocycles. The maximum absolute atomic E-state index is 13.8. The number of hydrogen-bond donors (Lipinski definition) is 0.